The molecule has 1 amide bonds. The van der Waals surface area contributed by atoms with E-state index in [9.17, 15) is 14.9 Å². The molecule has 7 nitrogen and oxygen atoms in total. The maximum absolute atomic E-state index is 12.2. The van der Waals surface area contributed by atoms with Crippen LogP contribution in [0, 0.1) is 10.1 Å². The van der Waals surface area contributed by atoms with E-state index in [0.29, 0.717) is 35.3 Å². The number of hydrogen-bond donors (Lipinski definition) is 0. The van der Waals surface area contributed by atoms with E-state index in [1.165, 1.54) is 37.1 Å². The molecule has 1 aliphatic rings. The Hall–Kier alpha value is -2.87. The molecule has 26 heavy (non-hydrogen) atoms. The van der Waals surface area contributed by atoms with Crippen molar-refractivity contribution in [2.24, 2.45) is 4.99 Å². The largest absolute Gasteiger partial charge is 0.494 e. The number of hydrogen-bond acceptors (Lipinski definition) is 6. The average Bonchev–Trinajstić information content (AvgIpc) is 3.00. The van der Waals surface area contributed by atoms with Crippen molar-refractivity contribution in [3.8, 4) is 5.75 Å². The Morgan fingerprint density at radius 3 is 2.73 bits per heavy atom. The topological polar surface area (TPSA) is 85.0 Å². The minimum Gasteiger partial charge on any atom is -0.494 e. The van der Waals surface area contributed by atoms with Gasteiger partial charge >= 0.3 is 0 Å². The Labute approximate surface area is 154 Å². The lowest BCUT2D eigenvalue weighted by molar-refractivity contribution is -0.384. The number of nitro groups is 1. The third-order valence-corrected chi connectivity index (χ3v) is 4.87. The van der Waals surface area contributed by atoms with Crippen LogP contribution in [0.2, 0.25) is 0 Å². The first kappa shape index (κ1) is 17.9. The van der Waals surface area contributed by atoms with Crippen LogP contribution in [0.3, 0.4) is 0 Å². The van der Waals surface area contributed by atoms with Crippen molar-refractivity contribution in [3.63, 3.8) is 0 Å². The smallest absolute Gasteiger partial charge is 0.271 e. The summed E-state index contributed by atoms with van der Waals surface area (Å²) in [5.74, 6) is 0.713. The fourth-order valence-corrected chi connectivity index (χ4v) is 3.49. The maximum Gasteiger partial charge on any atom is 0.271 e. The Balaban J connectivity index is 1.85. The fraction of sp³-hybridized carbons (Fsp3) is 0.222. The van der Waals surface area contributed by atoms with E-state index in [2.05, 4.69) is 4.99 Å². The molecule has 0 aromatic heterocycles. The van der Waals surface area contributed by atoms with Gasteiger partial charge in [-0.25, -0.2) is 4.99 Å². The number of methoxy groups -OCH3 is 1. The monoisotopic (exact) mass is 371 g/mol. The molecule has 0 aliphatic carbocycles. The molecule has 8 heteroatoms. The summed E-state index contributed by atoms with van der Waals surface area (Å²) in [6.45, 7) is 0.506. The number of ether oxygens (including phenoxy) is 1. The first-order valence-corrected chi connectivity index (χ1v) is 8.95. The Morgan fingerprint density at radius 1 is 1.27 bits per heavy atom. The van der Waals surface area contributed by atoms with Crippen LogP contribution >= 0.6 is 11.8 Å². The lowest BCUT2D eigenvalue weighted by Crippen LogP contribution is -2.31. The Morgan fingerprint density at radius 2 is 2.04 bits per heavy atom. The third-order valence-electron chi connectivity index (χ3n) is 3.91. The van der Waals surface area contributed by atoms with Crippen molar-refractivity contribution in [2.45, 2.75) is 6.42 Å². The van der Waals surface area contributed by atoms with Crippen LogP contribution < -0.4 is 4.74 Å². The molecule has 0 saturated carbocycles. The number of thioether (sulfide) groups is 1. The van der Waals surface area contributed by atoms with E-state index in [0.717, 1.165) is 5.56 Å². The number of aliphatic imine (C=N–C) groups is 1. The molecule has 0 bridgehead atoms. The minimum atomic E-state index is -0.483. The van der Waals surface area contributed by atoms with Gasteiger partial charge in [0.2, 0.25) is 5.91 Å². The van der Waals surface area contributed by atoms with Crippen LogP contribution in [0.15, 0.2) is 53.5 Å². The van der Waals surface area contributed by atoms with Crippen LogP contribution in [0.25, 0.3) is 0 Å². The first-order valence-electron chi connectivity index (χ1n) is 7.96. The van der Waals surface area contributed by atoms with Gasteiger partial charge in [-0.3, -0.25) is 19.8 Å². The molecule has 3 rings (SSSR count). The number of benzene rings is 2. The Bertz CT molecular complexity index is 855. The van der Waals surface area contributed by atoms with Crippen molar-refractivity contribution < 1.29 is 14.5 Å². The molecule has 1 saturated heterocycles. The molecular formula is C18H17N3O4S. The van der Waals surface area contributed by atoms with E-state index in [-0.39, 0.29) is 11.6 Å². The van der Waals surface area contributed by atoms with Crippen LogP contribution in [0.5, 0.6) is 5.75 Å². The molecule has 1 aliphatic heterocycles. The predicted octanol–water partition coefficient (Wildman–Crippen LogP) is 3.41. The van der Waals surface area contributed by atoms with E-state index < -0.39 is 4.92 Å². The number of carbonyl (C=O) groups is 1. The van der Waals surface area contributed by atoms with E-state index in [1.807, 2.05) is 30.3 Å². The zero-order chi connectivity index (χ0) is 18.5. The molecular weight excluding hydrogens is 354 g/mol. The van der Waals surface area contributed by atoms with E-state index in [1.54, 1.807) is 4.90 Å². The predicted molar refractivity (Wildman–Crippen MR) is 101 cm³/mol. The average molecular weight is 371 g/mol. The summed E-state index contributed by atoms with van der Waals surface area (Å²) in [5, 5.41) is 11.5. The lowest BCUT2D eigenvalue weighted by Gasteiger charge is -2.16. The summed E-state index contributed by atoms with van der Waals surface area (Å²) >= 11 is 1.32. The number of rotatable bonds is 6. The standard InChI is InChI=1S/C18H17N3O4S/c1-25-16-8-7-14(21(23)24)11-15(16)19-18-20(17(22)12-26-18)10-9-13-5-3-2-4-6-13/h2-8,11H,9-10,12H2,1H3. The second-order valence-electron chi connectivity index (χ2n) is 5.58. The van der Waals surface area contributed by atoms with Gasteiger partial charge in [0, 0.05) is 18.7 Å². The SMILES string of the molecule is COc1ccc([N+](=O)[O-])cc1N=C1SCC(=O)N1CCc1ccccc1. The molecule has 134 valence electrons. The van der Waals surface area contributed by atoms with Gasteiger partial charge < -0.3 is 4.74 Å². The number of carbonyl (C=O) groups excluding carboxylic acids is 1. The fourth-order valence-electron chi connectivity index (χ4n) is 2.57. The number of amides is 1. The summed E-state index contributed by atoms with van der Waals surface area (Å²) in [6.07, 6.45) is 0.707. The van der Waals surface area contributed by atoms with Crippen molar-refractivity contribution in [1.82, 2.24) is 4.90 Å². The van der Waals surface area contributed by atoms with Crippen molar-refractivity contribution in [1.29, 1.82) is 0 Å². The summed E-state index contributed by atoms with van der Waals surface area (Å²) in [5.41, 5.74) is 1.39. The summed E-state index contributed by atoms with van der Waals surface area (Å²) in [4.78, 5) is 28.8. The van der Waals surface area contributed by atoms with Crippen LogP contribution in [0.4, 0.5) is 11.4 Å². The highest BCUT2D eigenvalue weighted by molar-refractivity contribution is 8.15. The first-order chi connectivity index (χ1) is 12.6. The molecule has 1 heterocycles. The summed E-state index contributed by atoms with van der Waals surface area (Å²) < 4.78 is 5.24. The number of amidine groups is 1. The van der Waals surface area contributed by atoms with Gasteiger partial charge in [0.05, 0.1) is 17.8 Å². The van der Waals surface area contributed by atoms with Crippen molar-refractivity contribution in [3.05, 3.63) is 64.2 Å². The van der Waals surface area contributed by atoms with Gasteiger partial charge in [-0.15, -0.1) is 0 Å². The molecule has 1 fully saturated rings. The second kappa shape index (κ2) is 8.01. The van der Waals surface area contributed by atoms with Gasteiger partial charge in [0.15, 0.2) is 5.17 Å². The number of non-ortho nitro benzene ring substituents is 1. The Kier molecular flexibility index (Phi) is 5.52. The number of nitro benzene ring substituents is 1. The van der Waals surface area contributed by atoms with Gasteiger partial charge in [0.25, 0.3) is 5.69 Å². The highest BCUT2D eigenvalue weighted by atomic mass is 32.2. The number of nitrogens with zero attached hydrogens (tertiary/aromatic N) is 3. The molecule has 0 atom stereocenters. The molecule has 0 radical (unpaired) electrons. The molecule has 0 N–H and O–H groups in total. The van der Waals surface area contributed by atoms with Gasteiger partial charge in [-0.2, -0.15) is 0 Å². The van der Waals surface area contributed by atoms with Gasteiger partial charge in [-0.05, 0) is 18.1 Å². The highest BCUT2D eigenvalue weighted by Crippen LogP contribution is 2.34. The van der Waals surface area contributed by atoms with Crippen LogP contribution in [-0.2, 0) is 11.2 Å². The molecule has 0 spiro atoms. The summed E-state index contributed by atoms with van der Waals surface area (Å²) in [7, 11) is 1.48. The zero-order valence-corrected chi connectivity index (χ0v) is 14.9. The lowest BCUT2D eigenvalue weighted by atomic mass is 10.1. The molecule has 0 unspecified atom stereocenters. The van der Waals surface area contributed by atoms with E-state index >= 15 is 0 Å². The maximum atomic E-state index is 12.2. The highest BCUT2D eigenvalue weighted by Gasteiger charge is 2.28. The normalized spacial score (nSPS) is 15.5. The van der Waals surface area contributed by atoms with Crippen LogP contribution in [0.1, 0.15) is 5.56 Å². The minimum absolute atomic E-state index is 0.0194. The zero-order valence-electron chi connectivity index (χ0n) is 14.1. The van der Waals surface area contributed by atoms with E-state index in [4.69, 9.17) is 4.74 Å². The second-order valence-corrected chi connectivity index (χ2v) is 6.52. The van der Waals surface area contributed by atoms with Crippen molar-refractivity contribution >= 4 is 34.2 Å². The van der Waals surface area contributed by atoms with Crippen LogP contribution in [-0.4, -0.2) is 40.3 Å². The quantitative estimate of drug-likeness (QED) is 0.574. The van der Waals surface area contributed by atoms with Gasteiger partial charge in [-0.1, -0.05) is 42.1 Å². The summed E-state index contributed by atoms with van der Waals surface area (Å²) in [6, 6.07) is 14.1. The molecule has 2 aromatic rings. The van der Waals surface area contributed by atoms with Gasteiger partial charge in [0.1, 0.15) is 11.4 Å². The van der Waals surface area contributed by atoms with Crippen molar-refractivity contribution in [2.75, 3.05) is 19.4 Å². The third kappa shape index (κ3) is 4.02. The molecule has 2 aromatic carbocycles.